The highest BCUT2D eigenvalue weighted by molar-refractivity contribution is 7.90. The van der Waals surface area contributed by atoms with Crippen LogP contribution in [0.25, 0.3) is 0 Å². The van der Waals surface area contributed by atoms with Crippen molar-refractivity contribution in [3.05, 3.63) is 48.5 Å². The van der Waals surface area contributed by atoms with Crippen molar-refractivity contribution < 1.29 is 38.1 Å². The average molecular weight is 370 g/mol. The third kappa shape index (κ3) is 7.50. The van der Waals surface area contributed by atoms with Crippen molar-refractivity contribution in [1.82, 2.24) is 0 Å². The lowest BCUT2D eigenvalue weighted by Crippen LogP contribution is -2.02. The first-order valence-corrected chi connectivity index (χ1v) is 8.00. The summed E-state index contributed by atoms with van der Waals surface area (Å²) in [5.41, 5.74) is 0. The normalized spacial score (nSPS) is 10.3. The van der Waals surface area contributed by atoms with Crippen LogP contribution in [-0.4, -0.2) is 36.6 Å². The minimum absolute atomic E-state index is 0.0966. The first kappa shape index (κ1) is 19.2. The van der Waals surface area contributed by atoms with Gasteiger partial charge in [0.2, 0.25) is 0 Å². The fraction of sp³-hybridized carbons (Fsp3) is 0.250. The Labute approximate surface area is 149 Å². The number of aliphatic hydroxyl groups excluding tert-OH is 2. The molecule has 0 aliphatic carbocycles. The van der Waals surface area contributed by atoms with Crippen molar-refractivity contribution in [3.63, 3.8) is 0 Å². The zero-order valence-electron chi connectivity index (χ0n) is 13.2. The van der Waals surface area contributed by atoms with E-state index in [2.05, 4.69) is 0 Å². The van der Waals surface area contributed by atoms with Gasteiger partial charge in [0.1, 0.15) is 24.7 Å². The Kier molecular flexibility index (Phi) is 8.73. The van der Waals surface area contributed by atoms with E-state index < -0.39 is 0 Å². The monoisotopic (exact) mass is 370 g/mol. The van der Waals surface area contributed by atoms with Crippen LogP contribution in [0.4, 0.5) is 0 Å². The predicted octanol–water partition coefficient (Wildman–Crippen LogP) is 2.31. The van der Waals surface area contributed by atoms with Crippen LogP contribution in [-0.2, 0) is 9.78 Å². The SMILES string of the molecule is OCCOOc1ccc(OSOc2ccc(OOCCO)cc2)cc1. The summed E-state index contributed by atoms with van der Waals surface area (Å²) in [7, 11) is 0. The first-order chi connectivity index (χ1) is 12.3. The number of benzene rings is 2. The van der Waals surface area contributed by atoms with Crippen LogP contribution in [0.2, 0.25) is 0 Å². The molecule has 0 saturated heterocycles. The molecule has 8 nitrogen and oxygen atoms in total. The van der Waals surface area contributed by atoms with Gasteiger partial charge in [0, 0.05) is 0 Å². The van der Waals surface area contributed by atoms with Gasteiger partial charge in [-0.2, -0.15) is 9.78 Å². The summed E-state index contributed by atoms with van der Waals surface area (Å²) in [5.74, 6) is 2.12. The van der Waals surface area contributed by atoms with Crippen LogP contribution < -0.4 is 18.1 Å². The summed E-state index contributed by atoms with van der Waals surface area (Å²) in [6.45, 7) is -0.0331. The molecule has 0 radical (unpaired) electrons. The zero-order chi connectivity index (χ0) is 17.7. The van der Waals surface area contributed by atoms with E-state index >= 15 is 0 Å². The predicted molar refractivity (Wildman–Crippen MR) is 89.1 cm³/mol. The highest BCUT2D eigenvalue weighted by atomic mass is 32.2. The molecule has 25 heavy (non-hydrogen) atoms. The van der Waals surface area contributed by atoms with Crippen LogP contribution in [0.1, 0.15) is 0 Å². The second-order valence-corrected chi connectivity index (χ2v) is 4.90. The molecule has 0 heterocycles. The van der Waals surface area contributed by atoms with E-state index in [4.69, 9.17) is 38.1 Å². The lowest BCUT2D eigenvalue weighted by molar-refractivity contribution is -0.212. The minimum Gasteiger partial charge on any atom is -0.394 e. The maximum atomic E-state index is 8.58. The molecule has 2 rings (SSSR count). The van der Waals surface area contributed by atoms with Crippen molar-refractivity contribution >= 4 is 12.3 Å². The van der Waals surface area contributed by atoms with Gasteiger partial charge in [0.25, 0.3) is 12.3 Å². The number of aliphatic hydroxyl groups is 2. The maximum absolute atomic E-state index is 8.58. The standard InChI is InChI=1S/C16H18O8S/c17-9-11-19-21-13-1-5-15(6-2-13)23-25-24-16-7-3-14(4-8-16)22-20-12-10-18/h1-8,17-18H,9-12H2. The van der Waals surface area contributed by atoms with Crippen molar-refractivity contribution in [2.75, 3.05) is 26.4 Å². The summed E-state index contributed by atoms with van der Waals surface area (Å²) in [4.78, 5) is 19.3. The third-order valence-corrected chi connectivity index (χ3v) is 3.09. The molecule has 0 atom stereocenters. The summed E-state index contributed by atoms with van der Waals surface area (Å²) in [6, 6.07) is 13.4. The Morgan fingerprint density at radius 3 is 1.32 bits per heavy atom. The van der Waals surface area contributed by atoms with E-state index in [9.17, 15) is 0 Å². The molecular weight excluding hydrogens is 352 g/mol. The van der Waals surface area contributed by atoms with E-state index in [0.717, 1.165) is 12.3 Å². The van der Waals surface area contributed by atoms with Crippen molar-refractivity contribution in [2.24, 2.45) is 0 Å². The molecule has 0 aliphatic heterocycles. The summed E-state index contributed by atoms with van der Waals surface area (Å²) in [5, 5.41) is 17.2. The fourth-order valence-electron chi connectivity index (χ4n) is 1.49. The van der Waals surface area contributed by atoms with E-state index in [1.165, 1.54) is 0 Å². The van der Waals surface area contributed by atoms with Crippen LogP contribution in [0.5, 0.6) is 23.0 Å². The van der Waals surface area contributed by atoms with Crippen LogP contribution in [0.3, 0.4) is 0 Å². The highest BCUT2D eigenvalue weighted by Gasteiger charge is 2.02. The van der Waals surface area contributed by atoms with Gasteiger partial charge in [-0.15, -0.1) is 0 Å². The highest BCUT2D eigenvalue weighted by Crippen LogP contribution is 2.24. The second kappa shape index (κ2) is 11.4. The molecule has 2 aromatic rings. The molecule has 0 saturated carbocycles. The molecule has 2 N–H and O–H groups in total. The maximum Gasteiger partial charge on any atom is 0.293 e. The van der Waals surface area contributed by atoms with Crippen molar-refractivity contribution in [2.45, 2.75) is 0 Å². The first-order valence-electron chi connectivity index (χ1n) is 7.34. The molecule has 136 valence electrons. The second-order valence-electron chi connectivity index (χ2n) is 4.44. The Balaban J connectivity index is 1.69. The molecule has 0 aliphatic rings. The smallest absolute Gasteiger partial charge is 0.293 e. The largest absolute Gasteiger partial charge is 0.394 e. The van der Waals surface area contributed by atoms with Gasteiger partial charge in [0.05, 0.1) is 13.2 Å². The van der Waals surface area contributed by atoms with Gasteiger partial charge in [0.15, 0.2) is 11.5 Å². The van der Waals surface area contributed by atoms with Gasteiger partial charge in [-0.25, -0.2) is 0 Å². The summed E-state index contributed by atoms with van der Waals surface area (Å²) >= 11 is 0.804. The minimum atomic E-state index is -0.113. The lowest BCUT2D eigenvalue weighted by atomic mass is 10.3. The molecule has 0 aromatic heterocycles. The van der Waals surface area contributed by atoms with Gasteiger partial charge in [-0.05, 0) is 48.5 Å². The van der Waals surface area contributed by atoms with Gasteiger partial charge >= 0.3 is 0 Å². The number of rotatable bonds is 12. The Hall–Kier alpha value is -2.17. The third-order valence-electron chi connectivity index (χ3n) is 2.57. The molecule has 0 unspecified atom stereocenters. The molecule has 2 aromatic carbocycles. The molecule has 0 amide bonds. The lowest BCUT2D eigenvalue weighted by Gasteiger charge is -2.07. The summed E-state index contributed by atoms with van der Waals surface area (Å²) in [6.07, 6.45) is 0. The van der Waals surface area contributed by atoms with Crippen LogP contribution in [0.15, 0.2) is 48.5 Å². The Bertz CT molecular complexity index is 537. The van der Waals surface area contributed by atoms with Crippen molar-refractivity contribution in [3.8, 4) is 23.0 Å². The molecular formula is C16H18O8S. The van der Waals surface area contributed by atoms with Gasteiger partial charge < -0.3 is 28.4 Å². The Morgan fingerprint density at radius 2 is 0.960 bits per heavy atom. The van der Waals surface area contributed by atoms with E-state index in [0.29, 0.717) is 23.0 Å². The van der Waals surface area contributed by atoms with Crippen LogP contribution in [0, 0.1) is 0 Å². The number of hydrogen-bond acceptors (Lipinski definition) is 9. The molecule has 9 heteroatoms. The van der Waals surface area contributed by atoms with Gasteiger partial charge in [-0.1, -0.05) is 0 Å². The van der Waals surface area contributed by atoms with E-state index in [-0.39, 0.29) is 26.4 Å². The topological polar surface area (TPSA) is 95.8 Å². The molecule has 0 spiro atoms. The van der Waals surface area contributed by atoms with Gasteiger partial charge in [-0.3, -0.25) is 0 Å². The van der Waals surface area contributed by atoms with E-state index in [1.54, 1.807) is 48.5 Å². The molecule has 0 fully saturated rings. The summed E-state index contributed by atoms with van der Waals surface area (Å²) < 4.78 is 10.7. The van der Waals surface area contributed by atoms with Crippen LogP contribution >= 0.6 is 12.3 Å². The van der Waals surface area contributed by atoms with E-state index in [1.807, 2.05) is 0 Å². The average Bonchev–Trinajstić information content (AvgIpc) is 2.65. The Morgan fingerprint density at radius 1 is 0.600 bits per heavy atom. The van der Waals surface area contributed by atoms with Crippen molar-refractivity contribution in [1.29, 1.82) is 0 Å². The fourth-order valence-corrected chi connectivity index (χ4v) is 1.90. The number of hydrogen-bond donors (Lipinski definition) is 2. The zero-order valence-corrected chi connectivity index (χ0v) is 14.0. The quantitative estimate of drug-likeness (QED) is 0.252. The molecule has 0 bridgehead atoms.